The molecular weight excluding hydrogens is 320 g/mol. The summed E-state index contributed by atoms with van der Waals surface area (Å²) in [7, 11) is 1.68. The molecule has 25 heavy (non-hydrogen) atoms. The molecule has 0 unspecified atom stereocenters. The van der Waals surface area contributed by atoms with Crippen LogP contribution in [-0.4, -0.2) is 32.1 Å². The second-order valence-electron chi connectivity index (χ2n) is 5.76. The molecule has 130 valence electrons. The maximum atomic E-state index is 12.1. The number of benzene rings is 2. The van der Waals surface area contributed by atoms with Crippen molar-refractivity contribution in [2.24, 2.45) is 0 Å². The molecule has 0 fully saturated rings. The van der Waals surface area contributed by atoms with Gasteiger partial charge in [0.15, 0.2) is 13.2 Å². The van der Waals surface area contributed by atoms with E-state index in [-0.39, 0.29) is 25.0 Å². The van der Waals surface area contributed by atoms with Crippen molar-refractivity contribution in [1.29, 1.82) is 0 Å². The van der Waals surface area contributed by atoms with Gasteiger partial charge in [0, 0.05) is 12.7 Å². The first-order chi connectivity index (χ1) is 12.1. The number of carbonyl (C=O) groups excluding carboxylic acids is 2. The molecule has 6 nitrogen and oxygen atoms in total. The minimum absolute atomic E-state index is 0.0276. The molecule has 1 heterocycles. The number of hydrogen-bond donors (Lipinski definition) is 1. The van der Waals surface area contributed by atoms with Crippen LogP contribution < -0.4 is 19.7 Å². The lowest BCUT2D eigenvalue weighted by Crippen LogP contribution is -2.35. The van der Waals surface area contributed by atoms with E-state index in [1.807, 2.05) is 24.3 Å². The van der Waals surface area contributed by atoms with Gasteiger partial charge in [0.1, 0.15) is 11.5 Å². The number of rotatable bonds is 5. The van der Waals surface area contributed by atoms with Gasteiger partial charge >= 0.3 is 0 Å². The Morgan fingerprint density at radius 1 is 1.28 bits per heavy atom. The number of amides is 2. The van der Waals surface area contributed by atoms with Crippen LogP contribution in [0, 0.1) is 0 Å². The topological polar surface area (TPSA) is 67.9 Å². The van der Waals surface area contributed by atoms with E-state index in [1.54, 1.807) is 25.2 Å². The Morgan fingerprint density at radius 2 is 2.12 bits per heavy atom. The highest BCUT2D eigenvalue weighted by atomic mass is 16.5. The molecule has 0 saturated carbocycles. The van der Waals surface area contributed by atoms with E-state index in [4.69, 9.17) is 9.47 Å². The molecule has 2 amide bonds. The van der Waals surface area contributed by atoms with Gasteiger partial charge in [-0.2, -0.15) is 0 Å². The lowest BCUT2D eigenvalue weighted by molar-refractivity contribution is -0.121. The lowest BCUT2D eigenvalue weighted by atomic mass is 10.2. The van der Waals surface area contributed by atoms with Gasteiger partial charge in [-0.05, 0) is 42.3 Å². The fourth-order valence-corrected chi connectivity index (χ4v) is 2.55. The highest BCUT2D eigenvalue weighted by Crippen LogP contribution is 2.33. The number of nitrogens with zero attached hydrogens (tertiary/aromatic N) is 1. The quantitative estimate of drug-likeness (QED) is 0.908. The number of ether oxygens (including phenoxy) is 2. The number of likely N-dealkylation sites (N-methyl/N-ethyl adjacent to an activating group) is 1. The van der Waals surface area contributed by atoms with Crippen LogP contribution in [0.2, 0.25) is 0 Å². The van der Waals surface area contributed by atoms with Crippen LogP contribution in [-0.2, 0) is 16.0 Å². The minimum atomic E-state index is -0.271. The smallest absolute Gasteiger partial charge is 0.264 e. The molecule has 1 aliphatic heterocycles. The Labute approximate surface area is 146 Å². The molecule has 0 radical (unpaired) electrons. The van der Waals surface area contributed by atoms with Crippen molar-refractivity contribution in [3.8, 4) is 11.5 Å². The zero-order chi connectivity index (χ0) is 17.8. The van der Waals surface area contributed by atoms with Gasteiger partial charge in [-0.3, -0.25) is 9.59 Å². The Morgan fingerprint density at radius 3 is 2.92 bits per heavy atom. The molecule has 6 heteroatoms. The molecule has 2 aromatic rings. The molecule has 0 bridgehead atoms. The van der Waals surface area contributed by atoms with E-state index in [1.165, 1.54) is 4.90 Å². The van der Waals surface area contributed by atoms with Crippen LogP contribution in [0.3, 0.4) is 0 Å². The molecule has 0 atom stereocenters. The van der Waals surface area contributed by atoms with Crippen molar-refractivity contribution < 1.29 is 19.1 Å². The molecule has 0 aromatic heterocycles. The van der Waals surface area contributed by atoms with Gasteiger partial charge in [0.05, 0.1) is 5.69 Å². The van der Waals surface area contributed by atoms with Crippen molar-refractivity contribution in [2.45, 2.75) is 13.3 Å². The number of hydrogen-bond acceptors (Lipinski definition) is 4. The second kappa shape index (κ2) is 7.25. The summed E-state index contributed by atoms with van der Waals surface area (Å²) in [6, 6.07) is 12.8. The number of anilines is 2. The molecule has 1 N–H and O–H groups in total. The fourth-order valence-electron chi connectivity index (χ4n) is 2.55. The first kappa shape index (κ1) is 16.8. The normalized spacial score (nSPS) is 13.0. The monoisotopic (exact) mass is 340 g/mol. The maximum Gasteiger partial charge on any atom is 0.264 e. The molecule has 0 spiro atoms. The van der Waals surface area contributed by atoms with Crippen LogP contribution in [0.25, 0.3) is 0 Å². The van der Waals surface area contributed by atoms with Gasteiger partial charge in [-0.1, -0.05) is 19.1 Å². The van der Waals surface area contributed by atoms with Crippen LogP contribution in [0.4, 0.5) is 11.4 Å². The van der Waals surface area contributed by atoms with Crippen LogP contribution in [0.5, 0.6) is 11.5 Å². The summed E-state index contributed by atoms with van der Waals surface area (Å²) in [5.41, 5.74) is 2.37. The Hall–Kier alpha value is -3.02. The van der Waals surface area contributed by atoms with E-state index in [0.717, 1.165) is 12.0 Å². The largest absolute Gasteiger partial charge is 0.484 e. The third-order valence-electron chi connectivity index (χ3n) is 4.01. The zero-order valence-corrected chi connectivity index (χ0v) is 14.2. The Balaban J connectivity index is 1.62. The number of fused-ring (bicyclic) bond motifs is 1. The van der Waals surface area contributed by atoms with E-state index in [9.17, 15) is 9.59 Å². The van der Waals surface area contributed by atoms with Gasteiger partial charge in [-0.25, -0.2) is 0 Å². The predicted octanol–water partition coefficient (Wildman–Crippen LogP) is 2.62. The zero-order valence-electron chi connectivity index (χ0n) is 14.2. The summed E-state index contributed by atoms with van der Waals surface area (Å²) in [4.78, 5) is 25.3. The Bertz CT molecular complexity index is 804. The van der Waals surface area contributed by atoms with Crippen LogP contribution >= 0.6 is 0 Å². The van der Waals surface area contributed by atoms with E-state index in [2.05, 4.69) is 12.2 Å². The van der Waals surface area contributed by atoms with Gasteiger partial charge < -0.3 is 19.7 Å². The van der Waals surface area contributed by atoms with Gasteiger partial charge in [-0.15, -0.1) is 0 Å². The van der Waals surface area contributed by atoms with Crippen molar-refractivity contribution in [3.63, 3.8) is 0 Å². The number of nitrogens with one attached hydrogen (secondary N) is 1. The first-order valence-corrected chi connectivity index (χ1v) is 8.12. The number of aryl methyl sites for hydroxylation is 1. The van der Waals surface area contributed by atoms with Crippen LogP contribution in [0.15, 0.2) is 42.5 Å². The van der Waals surface area contributed by atoms with E-state index >= 15 is 0 Å². The summed E-state index contributed by atoms with van der Waals surface area (Å²) < 4.78 is 10.9. The predicted molar refractivity (Wildman–Crippen MR) is 95.3 cm³/mol. The highest BCUT2D eigenvalue weighted by molar-refractivity contribution is 5.99. The van der Waals surface area contributed by atoms with Crippen molar-refractivity contribution in [2.75, 3.05) is 30.5 Å². The van der Waals surface area contributed by atoms with E-state index in [0.29, 0.717) is 22.9 Å². The van der Waals surface area contributed by atoms with Crippen LogP contribution in [0.1, 0.15) is 12.5 Å². The molecular formula is C19H20N2O4. The van der Waals surface area contributed by atoms with Gasteiger partial charge in [0.25, 0.3) is 11.8 Å². The average Bonchev–Trinajstić information content (AvgIpc) is 2.63. The van der Waals surface area contributed by atoms with Crippen molar-refractivity contribution >= 4 is 23.2 Å². The lowest BCUT2D eigenvalue weighted by Gasteiger charge is -2.26. The molecule has 3 rings (SSSR count). The van der Waals surface area contributed by atoms with Gasteiger partial charge in [0.2, 0.25) is 0 Å². The summed E-state index contributed by atoms with van der Waals surface area (Å²) in [6.45, 7) is 2.00. The first-order valence-electron chi connectivity index (χ1n) is 8.12. The van der Waals surface area contributed by atoms with E-state index < -0.39 is 0 Å². The highest BCUT2D eigenvalue weighted by Gasteiger charge is 2.22. The van der Waals surface area contributed by atoms with Crippen molar-refractivity contribution in [3.05, 3.63) is 48.0 Å². The standard InChI is InChI=1S/C19H20N2O4/c1-3-13-5-4-6-15(9-13)24-11-18(22)20-14-7-8-17-16(10-14)21(2)19(23)12-25-17/h4-10H,3,11-12H2,1-2H3,(H,20,22). The van der Waals surface area contributed by atoms with Crippen molar-refractivity contribution in [1.82, 2.24) is 0 Å². The average molecular weight is 340 g/mol. The Kier molecular flexibility index (Phi) is 4.88. The molecule has 0 saturated heterocycles. The summed E-state index contributed by atoms with van der Waals surface area (Å²) >= 11 is 0. The number of carbonyl (C=O) groups is 2. The second-order valence-corrected chi connectivity index (χ2v) is 5.76. The maximum absolute atomic E-state index is 12.1. The molecule has 1 aliphatic rings. The third kappa shape index (κ3) is 3.91. The summed E-state index contributed by atoms with van der Waals surface area (Å²) in [5, 5.41) is 2.77. The molecule has 2 aromatic carbocycles. The third-order valence-corrected chi connectivity index (χ3v) is 4.01. The fraction of sp³-hybridized carbons (Fsp3) is 0.263. The molecule has 0 aliphatic carbocycles. The summed E-state index contributed by atoms with van der Waals surface area (Å²) in [5.74, 6) is 0.883. The minimum Gasteiger partial charge on any atom is -0.484 e. The summed E-state index contributed by atoms with van der Waals surface area (Å²) in [6.07, 6.45) is 0.910. The SMILES string of the molecule is CCc1cccc(OCC(=O)Nc2ccc3c(c2)N(C)C(=O)CO3)c1.